The van der Waals surface area contributed by atoms with Gasteiger partial charge >= 0.3 is 0 Å². The summed E-state index contributed by atoms with van der Waals surface area (Å²) in [4.78, 5) is 32.6. The number of halogens is 3. The smallest absolute Gasteiger partial charge is 0.271 e. The molecule has 1 aromatic carbocycles. The fourth-order valence-electron chi connectivity index (χ4n) is 3.91. The number of fused-ring (bicyclic) bond motifs is 1. The van der Waals surface area contributed by atoms with Crippen LogP contribution in [0.4, 0.5) is 18.9 Å². The minimum atomic E-state index is -0.903. The summed E-state index contributed by atoms with van der Waals surface area (Å²) in [5.74, 6) is -2.30. The first-order valence-electron chi connectivity index (χ1n) is 10.7. The van der Waals surface area contributed by atoms with Crippen molar-refractivity contribution >= 4 is 28.7 Å². The number of hydrazone groups is 1. The number of nitrogens with one attached hydrogen (secondary N) is 1. The van der Waals surface area contributed by atoms with E-state index in [9.17, 15) is 14.0 Å². The van der Waals surface area contributed by atoms with E-state index in [1.54, 1.807) is 4.90 Å². The number of carbonyl (C=O) groups excluding carboxylic acids is 1. The average molecular weight is 472 g/mol. The Hall–Kier alpha value is -3.73. The maximum Gasteiger partial charge on any atom is 0.271 e. The largest absolute Gasteiger partial charge is 0.364 e. The van der Waals surface area contributed by atoms with Crippen molar-refractivity contribution in [2.45, 2.75) is 6.54 Å². The van der Waals surface area contributed by atoms with Crippen molar-refractivity contribution < 1.29 is 18.0 Å². The van der Waals surface area contributed by atoms with Crippen molar-refractivity contribution in [3.8, 4) is 0 Å². The Bertz CT molecular complexity index is 1290. The van der Waals surface area contributed by atoms with Crippen LogP contribution in [0.3, 0.4) is 0 Å². The lowest BCUT2D eigenvalue weighted by Gasteiger charge is -2.34. The molecule has 0 spiro atoms. The second-order valence-electron chi connectivity index (χ2n) is 7.94. The number of benzene rings is 1. The van der Waals surface area contributed by atoms with Gasteiger partial charge in [0.05, 0.1) is 29.2 Å². The Balaban J connectivity index is 1.73. The van der Waals surface area contributed by atoms with Crippen LogP contribution in [0, 0.1) is 11.6 Å². The van der Waals surface area contributed by atoms with Gasteiger partial charge in [0.25, 0.3) is 5.91 Å². The summed E-state index contributed by atoms with van der Waals surface area (Å²) in [6.07, 6.45) is 5.20. The van der Waals surface area contributed by atoms with Crippen LogP contribution in [-0.2, 0) is 6.54 Å². The van der Waals surface area contributed by atoms with Crippen LogP contribution in [0.5, 0.6) is 0 Å². The molecule has 0 radical (unpaired) electrons. The third-order valence-corrected chi connectivity index (χ3v) is 5.71. The number of pyridine rings is 2. The van der Waals surface area contributed by atoms with Crippen molar-refractivity contribution in [1.29, 1.82) is 0 Å². The summed E-state index contributed by atoms with van der Waals surface area (Å²) in [5, 5.41) is 3.55. The number of likely N-dealkylation sites (N-methyl/N-ethyl adjacent to an activating group) is 1. The van der Waals surface area contributed by atoms with Gasteiger partial charge in [-0.3, -0.25) is 14.6 Å². The number of amides is 1. The molecule has 1 fully saturated rings. The molecule has 1 aliphatic rings. The molecule has 11 heteroatoms. The zero-order valence-corrected chi connectivity index (χ0v) is 18.5. The number of piperazine rings is 1. The van der Waals surface area contributed by atoms with E-state index >= 15 is 8.78 Å². The molecule has 1 amide bonds. The molecular weight excluding hydrogens is 449 g/mol. The van der Waals surface area contributed by atoms with E-state index in [1.165, 1.54) is 35.3 Å². The standard InChI is InChI=1S/C23H23F3N6O2/c1-30-8-10-31(11-9-30)21-18(25)12-17-20(19(21)26)32(7-4-24)14-16(22(17)33)13-28-29-23(34)15-2-5-27-6-3-15/h2-3,5-6,12-14H,4,7-11H2,1H3,(H,29,34)/b28-13+. The lowest BCUT2D eigenvalue weighted by Crippen LogP contribution is -2.45. The number of aryl methyl sites for hydroxylation is 1. The van der Waals surface area contributed by atoms with Gasteiger partial charge in [-0.2, -0.15) is 5.10 Å². The first kappa shape index (κ1) is 23.4. The molecule has 0 atom stereocenters. The number of hydrogen-bond donors (Lipinski definition) is 1. The van der Waals surface area contributed by atoms with Crippen LogP contribution in [0.1, 0.15) is 15.9 Å². The lowest BCUT2D eigenvalue weighted by atomic mass is 10.1. The number of rotatable bonds is 6. The Labute approximate surface area is 193 Å². The predicted molar refractivity (Wildman–Crippen MR) is 123 cm³/mol. The Kier molecular flexibility index (Phi) is 6.92. The monoisotopic (exact) mass is 472 g/mol. The molecule has 0 unspecified atom stereocenters. The highest BCUT2D eigenvalue weighted by Crippen LogP contribution is 2.30. The lowest BCUT2D eigenvalue weighted by molar-refractivity contribution is 0.0955. The summed E-state index contributed by atoms with van der Waals surface area (Å²) < 4.78 is 45.1. The molecule has 1 N–H and O–H groups in total. The molecular formula is C23H23F3N6O2. The quantitative estimate of drug-likeness (QED) is 0.439. The molecule has 2 aromatic heterocycles. The molecule has 0 saturated carbocycles. The van der Waals surface area contributed by atoms with Gasteiger partial charge in [0.1, 0.15) is 18.2 Å². The zero-order valence-electron chi connectivity index (χ0n) is 18.5. The van der Waals surface area contributed by atoms with E-state index in [0.717, 1.165) is 12.3 Å². The van der Waals surface area contributed by atoms with Crippen LogP contribution in [0.2, 0.25) is 0 Å². The maximum atomic E-state index is 15.6. The molecule has 34 heavy (non-hydrogen) atoms. The van der Waals surface area contributed by atoms with Gasteiger partial charge in [-0.25, -0.2) is 18.6 Å². The summed E-state index contributed by atoms with van der Waals surface area (Å²) in [7, 11) is 1.92. The molecule has 4 rings (SSSR count). The second kappa shape index (κ2) is 10.0. The van der Waals surface area contributed by atoms with E-state index in [4.69, 9.17) is 0 Å². The van der Waals surface area contributed by atoms with Crippen LogP contribution in [0.15, 0.2) is 46.7 Å². The van der Waals surface area contributed by atoms with Crippen LogP contribution >= 0.6 is 0 Å². The van der Waals surface area contributed by atoms with E-state index in [0.29, 0.717) is 31.7 Å². The van der Waals surface area contributed by atoms with Gasteiger partial charge < -0.3 is 14.4 Å². The van der Waals surface area contributed by atoms with Crippen LogP contribution in [0.25, 0.3) is 10.9 Å². The maximum absolute atomic E-state index is 15.6. The van der Waals surface area contributed by atoms with E-state index < -0.39 is 29.6 Å². The fraction of sp³-hybridized carbons (Fsp3) is 0.304. The highest BCUT2D eigenvalue weighted by molar-refractivity contribution is 5.95. The molecule has 0 aliphatic carbocycles. The summed E-state index contributed by atoms with van der Waals surface area (Å²) in [6, 6.07) is 3.95. The first-order valence-corrected chi connectivity index (χ1v) is 10.7. The van der Waals surface area contributed by atoms with Crippen molar-refractivity contribution in [2.75, 3.05) is 44.8 Å². The zero-order chi connectivity index (χ0) is 24.2. The van der Waals surface area contributed by atoms with Crippen LogP contribution < -0.4 is 15.8 Å². The predicted octanol–water partition coefficient (Wildman–Crippen LogP) is 2.16. The van der Waals surface area contributed by atoms with Gasteiger partial charge in [0.2, 0.25) is 0 Å². The molecule has 3 aromatic rings. The summed E-state index contributed by atoms with van der Waals surface area (Å²) in [6.45, 7) is 1.04. The molecule has 8 nitrogen and oxygen atoms in total. The van der Waals surface area contributed by atoms with Crippen molar-refractivity contribution in [2.24, 2.45) is 5.10 Å². The Morgan fingerprint density at radius 3 is 2.59 bits per heavy atom. The minimum absolute atomic E-state index is 0.0536. The number of nitrogens with zero attached hydrogens (tertiary/aromatic N) is 5. The number of hydrogen-bond acceptors (Lipinski definition) is 6. The van der Waals surface area contributed by atoms with Crippen molar-refractivity contribution in [1.82, 2.24) is 19.9 Å². The van der Waals surface area contributed by atoms with Crippen molar-refractivity contribution in [3.63, 3.8) is 0 Å². The molecule has 0 bridgehead atoms. The molecule has 1 saturated heterocycles. The molecule has 3 heterocycles. The molecule has 1 aliphatic heterocycles. The van der Waals surface area contributed by atoms with Crippen LogP contribution in [-0.4, -0.2) is 66.5 Å². The highest BCUT2D eigenvalue weighted by Gasteiger charge is 2.25. The third kappa shape index (κ3) is 4.65. The highest BCUT2D eigenvalue weighted by atomic mass is 19.1. The first-order chi connectivity index (χ1) is 16.4. The number of anilines is 1. The van der Waals surface area contributed by atoms with Gasteiger partial charge in [-0.1, -0.05) is 0 Å². The topological polar surface area (TPSA) is 82.8 Å². The number of aromatic nitrogens is 2. The van der Waals surface area contributed by atoms with Gasteiger partial charge in [0.15, 0.2) is 11.2 Å². The normalized spacial score (nSPS) is 14.8. The third-order valence-electron chi connectivity index (χ3n) is 5.71. The fourth-order valence-corrected chi connectivity index (χ4v) is 3.91. The molecule has 178 valence electrons. The van der Waals surface area contributed by atoms with E-state index in [1.807, 2.05) is 11.9 Å². The van der Waals surface area contributed by atoms with E-state index in [-0.39, 0.29) is 28.7 Å². The van der Waals surface area contributed by atoms with Crippen molar-refractivity contribution in [3.05, 3.63) is 69.8 Å². The second-order valence-corrected chi connectivity index (χ2v) is 7.94. The SMILES string of the molecule is CN1CCN(c2c(F)cc3c(=O)c(/C=N/NC(=O)c4ccncc4)cn(CCF)c3c2F)CC1. The average Bonchev–Trinajstić information content (AvgIpc) is 2.83. The van der Waals surface area contributed by atoms with E-state index in [2.05, 4.69) is 15.5 Å². The van der Waals surface area contributed by atoms with Gasteiger partial charge in [0, 0.05) is 50.3 Å². The minimum Gasteiger partial charge on any atom is -0.364 e. The number of carbonyl (C=O) groups is 1. The van der Waals surface area contributed by atoms with Gasteiger partial charge in [-0.05, 0) is 25.2 Å². The summed E-state index contributed by atoms with van der Waals surface area (Å²) >= 11 is 0. The Morgan fingerprint density at radius 2 is 1.91 bits per heavy atom. The Morgan fingerprint density at radius 1 is 1.21 bits per heavy atom. The summed E-state index contributed by atoms with van der Waals surface area (Å²) in [5.41, 5.74) is 1.45. The van der Waals surface area contributed by atoms with Gasteiger partial charge in [-0.15, -0.1) is 0 Å². The number of alkyl halides is 1.